The third-order valence-corrected chi connectivity index (χ3v) is 4.77. The van der Waals surface area contributed by atoms with Crippen LogP contribution in [0.25, 0.3) is 0 Å². The Bertz CT molecular complexity index is 441. The molecule has 1 aromatic carbocycles. The molecular formula is C16H24N2O2S. The maximum atomic E-state index is 12.1. The zero-order valence-electron chi connectivity index (χ0n) is 12.7. The number of hydrogen-bond acceptors (Lipinski definition) is 4. The first-order valence-electron chi connectivity index (χ1n) is 7.38. The van der Waals surface area contributed by atoms with Gasteiger partial charge in [-0.3, -0.25) is 4.79 Å². The molecule has 1 heterocycles. The van der Waals surface area contributed by atoms with E-state index < -0.39 is 0 Å². The lowest BCUT2D eigenvalue weighted by Crippen LogP contribution is -2.47. The number of morpholine rings is 1. The summed E-state index contributed by atoms with van der Waals surface area (Å²) in [6, 6.07) is 10.2. The van der Waals surface area contributed by atoms with Gasteiger partial charge in [-0.2, -0.15) is 0 Å². The third kappa shape index (κ3) is 5.69. The monoisotopic (exact) mass is 308 g/mol. The number of carbonyl (C=O) groups is 1. The fourth-order valence-corrected chi connectivity index (χ4v) is 3.09. The molecule has 0 radical (unpaired) electrons. The minimum absolute atomic E-state index is 0.0495. The lowest BCUT2D eigenvalue weighted by atomic mass is 10.2. The van der Waals surface area contributed by atoms with E-state index in [1.807, 2.05) is 25.1 Å². The number of rotatable bonds is 6. The summed E-state index contributed by atoms with van der Waals surface area (Å²) in [5, 5.41) is 2.95. The van der Waals surface area contributed by atoms with Gasteiger partial charge in [-0.15, -0.1) is 11.8 Å². The van der Waals surface area contributed by atoms with E-state index in [-0.39, 0.29) is 17.3 Å². The van der Waals surface area contributed by atoms with Gasteiger partial charge in [-0.05, 0) is 19.5 Å². The van der Waals surface area contributed by atoms with Crippen molar-refractivity contribution in [2.75, 3.05) is 33.3 Å². The average Bonchev–Trinajstić information content (AvgIpc) is 2.51. The Morgan fingerprint density at radius 2 is 2.24 bits per heavy atom. The van der Waals surface area contributed by atoms with Gasteiger partial charge in [0.2, 0.25) is 5.91 Å². The zero-order valence-corrected chi connectivity index (χ0v) is 13.6. The standard InChI is InChI=1S/C16H24N2O2S/c1-13(21-12-14-6-4-3-5-7-14)16(19)17-10-15-11-18(2)8-9-20-15/h3-7,13,15H,8-12H2,1-2H3,(H,17,19)/t13-,15+/m0/s1. The van der Waals surface area contributed by atoms with Crippen molar-refractivity contribution in [3.63, 3.8) is 0 Å². The van der Waals surface area contributed by atoms with Crippen LogP contribution >= 0.6 is 11.8 Å². The zero-order chi connectivity index (χ0) is 15.1. The molecule has 0 aliphatic carbocycles. The molecule has 5 heteroatoms. The smallest absolute Gasteiger partial charge is 0.232 e. The van der Waals surface area contributed by atoms with Gasteiger partial charge in [0, 0.05) is 25.4 Å². The summed E-state index contributed by atoms with van der Waals surface area (Å²) in [7, 11) is 2.08. The topological polar surface area (TPSA) is 41.6 Å². The highest BCUT2D eigenvalue weighted by atomic mass is 32.2. The van der Waals surface area contributed by atoms with Crippen molar-refractivity contribution in [1.29, 1.82) is 0 Å². The van der Waals surface area contributed by atoms with Gasteiger partial charge >= 0.3 is 0 Å². The van der Waals surface area contributed by atoms with Crippen LogP contribution in [0.3, 0.4) is 0 Å². The van der Waals surface area contributed by atoms with Gasteiger partial charge in [0.25, 0.3) is 0 Å². The van der Waals surface area contributed by atoms with Crippen LogP contribution in [0.15, 0.2) is 30.3 Å². The van der Waals surface area contributed by atoms with E-state index in [2.05, 4.69) is 29.4 Å². The van der Waals surface area contributed by atoms with E-state index in [1.54, 1.807) is 11.8 Å². The number of likely N-dealkylation sites (N-methyl/N-ethyl adjacent to an activating group) is 1. The normalized spacial score (nSPS) is 21.0. The Hall–Kier alpha value is -1.04. The average molecular weight is 308 g/mol. The molecule has 0 saturated carbocycles. The van der Waals surface area contributed by atoms with Crippen molar-refractivity contribution in [2.24, 2.45) is 0 Å². The van der Waals surface area contributed by atoms with Crippen molar-refractivity contribution >= 4 is 17.7 Å². The Morgan fingerprint density at radius 3 is 2.95 bits per heavy atom. The van der Waals surface area contributed by atoms with Crippen LogP contribution < -0.4 is 5.32 Å². The fourth-order valence-electron chi connectivity index (χ4n) is 2.22. The fraction of sp³-hybridized carbons (Fsp3) is 0.562. The number of hydrogen-bond donors (Lipinski definition) is 1. The molecule has 1 N–H and O–H groups in total. The van der Waals surface area contributed by atoms with Crippen LogP contribution in [0.5, 0.6) is 0 Å². The van der Waals surface area contributed by atoms with Crippen LogP contribution in [0.1, 0.15) is 12.5 Å². The van der Waals surface area contributed by atoms with E-state index >= 15 is 0 Å². The summed E-state index contributed by atoms with van der Waals surface area (Å²) in [5.74, 6) is 0.950. The Balaban J connectivity index is 1.67. The number of nitrogens with zero attached hydrogens (tertiary/aromatic N) is 1. The summed E-state index contributed by atoms with van der Waals surface area (Å²) in [5.41, 5.74) is 1.25. The molecule has 2 rings (SSSR count). The van der Waals surface area contributed by atoms with Gasteiger partial charge in [-0.25, -0.2) is 0 Å². The van der Waals surface area contributed by atoms with E-state index in [4.69, 9.17) is 4.74 Å². The molecule has 1 amide bonds. The quantitative estimate of drug-likeness (QED) is 0.869. The third-order valence-electron chi connectivity index (χ3n) is 3.56. The van der Waals surface area contributed by atoms with Gasteiger partial charge in [0.15, 0.2) is 0 Å². The molecule has 21 heavy (non-hydrogen) atoms. The molecule has 1 fully saturated rings. The summed E-state index contributed by atoms with van der Waals surface area (Å²) in [6.07, 6.45) is 0.110. The number of benzene rings is 1. The molecule has 116 valence electrons. The molecule has 1 saturated heterocycles. The van der Waals surface area contributed by atoms with Crippen molar-refractivity contribution in [3.05, 3.63) is 35.9 Å². The first kappa shape index (κ1) is 16.3. The first-order valence-corrected chi connectivity index (χ1v) is 8.43. The van der Waals surface area contributed by atoms with Gasteiger partial charge in [-0.1, -0.05) is 30.3 Å². The molecular weight excluding hydrogens is 284 g/mol. The van der Waals surface area contributed by atoms with E-state index in [0.29, 0.717) is 6.54 Å². The number of carbonyl (C=O) groups excluding carboxylic acids is 1. The van der Waals surface area contributed by atoms with Gasteiger partial charge in [0.05, 0.1) is 18.0 Å². The highest BCUT2D eigenvalue weighted by Gasteiger charge is 2.20. The maximum Gasteiger partial charge on any atom is 0.232 e. The van der Waals surface area contributed by atoms with Crippen LogP contribution in [-0.4, -0.2) is 55.4 Å². The van der Waals surface area contributed by atoms with Crippen molar-refractivity contribution in [1.82, 2.24) is 10.2 Å². The Labute approximate surface area is 131 Å². The van der Waals surface area contributed by atoms with Crippen LogP contribution in [-0.2, 0) is 15.3 Å². The van der Waals surface area contributed by atoms with E-state index in [9.17, 15) is 4.79 Å². The van der Waals surface area contributed by atoms with Crippen LogP contribution in [0, 0.1) is 0 Å². The Morgan fingerprint density at radius 1 is 1.48 bits per heavy atom. The largest absolute Gasteiger partial charge is 0.374 e. The van der Waals surface area contributed by atoms with Gasteiger partial charge < -0.3 is 15.0 Å². The molecule has 1 aromatic rings. The molecule has 0 spiro atoms. The number of thioether (sulfide) groups is 1. The molecule has 1 aliphatic heterocycles. The lowest BCUT2D eigenvalue weighted by Gasteiger charge is -2.30. The molecule has 0 aromatic heterocycles. The summed E-state index contributed by atoms with van der Waals surface area (Å²) < 4.78 is 5.64. The van der Waals surface area contributed by atoms with E-state index in [0.717, 1.165) is 25.4 Å². The highest BCUT2D eigenvalue weighted by Crippen LogP contribution is 2.17. The Kier molecular flexibility index (Phi) is 6.54. The van der Waals surface area contributed by atoms with E-state index in [1.165, 1.54) is 5.56 Å². The summed E-state index contributed by atoms with van der Waals surface area (Å²) in [6.45, 7) is 5.14. The maximum absolute atomic E-state index is 12.1. The SMILES string of the molecule is C[C@H](SCc1ccccc1)C(=O)NC[C@@H]1CN(C)CCO1. The molecule has 1 aliphatic rings. The second-order valence-electron chi connectivity index (χ2n) is 5.44. The minimum Gasteiger partial charge on any atom is -0.374 e. The number of ether oxygens (including phenoxy) is 1. The molecule has 2 atom stereocenters. The predicted octanol–water partition coefficient (Wildman–Crippen LogP) is 1.76. The van der Waals surface area contributed by atoms with Crippen molar-refractivity contribution in [3.8, 4) is 0 Å². The number of nitrogens with one attached hydrogen (secondary N) is 1. The minimum atomic E-state index is -0.0495. The molecule has 4 nitrogen and oxygen atoms in total. The second kappa shape index (κ2) is 8.41. The van der Waals surface area contributed by atoms with Crippen LogP contribution in [0.2, 0.25) is 0 Å². The van der Waals surface area contributed by atoms with Crippen molar-refractivity contribution in [2.45, 2.75) is 24.0 Å². The number of amides is 1. The summed E-state index contributed by atoms with van der Waals surface area (Å²) in [4.78, 5) is 14.3. The second-order valence-corrected chi connectivity index (χ2v) is 6.77. The van der Waals surface area contributed by atoms with Crippen molar-refractivity contribution < 1.29 is 9.53 Å². The van der Waals surface area contributed by atoms with Crippen LogP contribution in [0.4, 0.5) is 0 Å². The molecule has 0 unspecified atom stereocenters. The summed E-state index contributed by atoms with van der Waals surface area (Å²) >= 11 is 1.66. The first-order chi connectivity index (χ1) is 10.1. The predicted molar refractivity (Wildman–Crippen MR) is 87.4 cm³/mol. The highest BCUT2D eigenvalue weighted by molar-refractivity contribution is 7.99. The lowest BCUT2D eigenvalue weighted by molar-refractivity contribution is -0.121. The van der Waals surface area contributed by atoms with Gasteiger partial charge in [0.1, 0.15) is 0 Å². The molecule has 0 bridgehead atoms.